The number of halogens is 1. The lowest BCUT2D eigenvalue weighted by atomic mass is 10.2. The van der Waals surface area contributed by atoms with Gasteiger partial charge in [0.2, 0.25) is 0 Å². The molecule has 0 saturated carbocycles. The van der Waals surface area contributed by atoms with Crippen molar-refractivity contribution in [1.29, 1.82) is 0 Å². The summed E-state index contributed by atoms with van der Waals surface area (Å²) in [4.78, 5) is 2.18. The average Bonchev–Trinajstić information content (AvgIpc) is 2.46. The topological polar surface area (TPSA) is 12.0 Å². The molecule has 0 spiro atoms. The smallest absolute Gasteiger partial charge is 0.128 e. The molecule has 0 aliphatic heterocycles. The Balaban J connectivity index is 2.26. The van der Waals surface area contributed by atoms with E-state index < -0.39 is 0 Å². The second-order valence-corrected chi connectivity index (χ2v) is 6.35. The Labute approximate surface area is 131 Å². The molecular weight excluding hydrogens is 281 g/mol. The normalized spacial score (nSPS) is 10.9. The van der Waals surface area contributed by atoms with Crippen LogP contribution in [0, 0.1) is 19.7 Å². The summed E-state index contributed by atoms with van der Waals surface area (Å²) in [5.74, 6) is -0.131. The van der Waals surface area contributed by atoms with Gasteiger partial charge in [-0.3, -0.25) is 0 Å². The van der Waals surface area contributed by atoms with Gasteiger partial charge >= 0.3 is 0 Å². The lowest BCUT2D eigenvalue weighted by Crippen LogP contribution is -2.15. The van der Waals surface area contributed by atoms with Gasteiger partial charge in [0.15, 0.2) is 0 Å². The van der Waals surface area contributed by atoms with Crippen molar-refractivity contribution < 1.29 is 4.39 Å². The molecule has 0 atom stereocenters. The summed E-state index contributed by atoms with van der Waals surface area (Å²) in [6.07, 6.45) is 1.05. The first kappa shape index (κ1) is 16.1. The van der Waals surface area contributed by atoms with E-state index in [1.165, 1.54) is 22.1 Å². The molecule has 2 aromatic carbocycles. The Morgan fingerprint density at radius 2 is 1.90 bits per heavy atom. The summed E-state index contributed by atoms with van der Waals surface area (Å²) >= 11 is 1.65. The summed E-state index contributed by atoms with van der Waals surface area (Å²) in [5, 5.41) is 3.29. The molecule has 1 nitrogen and oxygen atoms in total. The third-order valence-corrected chi connectivity index (χ3v) is 4.63. The Hall–Kier alpha value is -1.32. The first-order chi connectivity index (χ1) is 10.1. The molecular formula is C18H22FNS. The summed E-state index contributed by atoms with van der Waals surface area (Å²) in [7, 11) is 0. The van der Waals surface area contributed by atoms with Crippen LogP contribution in [0.25, 0.3) is 0 Å². The molecule has 0 heterocycles. The second-order valence-electron chi connectivity index (χ2n) is 5.26. The number of hydrogen-bond donors (Lipinski definition) is 1. The highest BCUT2D eigenvalue weighted by Crippen LogP contribution is 2.34. The highest BCUT2D eigenvalue weighted by Gasteiger charge is 2.10. The Bertz CT molecular complexity index is 610. The van der Waals surface area contributed by atoms with E-state index in [1.54, 1.807) is 17.8 Å². The number of aryl methyl sites for hydroxylation is 2. The van der Waals surface area contributed by atoms with Crippen molar-refractivity contribution in [3.63, 3.8) is 0 Å². The molecule has 2 rings (SSSR count). The third kappa shape index (κ3) is 4.32. The highest BCUT2D eigenvalue weighted by molar-refractivity contribution is 7.99. The molecule has 0 aliphatic rings. The van der Waals surface area contributed by atoms with Crippen LogP contribution in [0.4, 0.5) is 4.39 Å². The van der Waals surface area contributed by atoms with Gasteiger partial charge in [-0.05, 0) is 56.1 Å². The average molecular weight is 303 g/mol. The van der Waals surface area contributed by atoms with E-state index in [2.05, 4.69) is 44.3 Å². The zero-order valence-corrected chi connectivity index (χ0v) is 13.7. The SMILES string of the molecule is CCCNCc1c(F)cccc1Sc1cc(C)ccc1C. The Morgan fingerprint density at radius 1 is 1.10 bits per heavy atom. The third-order valence-electron chi connectivity index (χ3n) is 3.37. The lowest BCUT2D eigenvalue weighted by molar-refractivity contribution is 0.578. The highest BCUT2D eigenvalue weighted by atomic mass is 32.2. The van der Waals surface area contributed by atoms with Crippen molar-refractivity contribution in [1.82, 2.24) is 5.32 Å². The van der Waals surface area contributed by atoms with Crippen LogP contribution in [0.2, 0.25) is 0 Å². The predicted molar refractivity (Wildman–Crippen MR) is 88.4 cm³/mol. The van der Waals surface area contributed by atoms with Gasteiger partial charge in [-0.15, -0.1) is 0 Å². The lowest BCUT2D eigenvalue weighted by Gasteiger charge is -2.13. The Kier molecular flexibility index (Phi) is 5.83. The van der Waals surface area contributed by atoms with Crippen molar-refractivity contribution in [2.24, 2.45) is 0 Å². The Morgan fingerprint density at radius 3 is 2.67 bits per heavy atom. The van der Waals surface area contributed by atoms with Gasteiger partial charge in [0.25, 0.3) is 0 Å². The van der Waals surface area contributed by atoms with Crippen LogP contribution in [-0.4, -0.2) is 6.54 Å². The standard InChI is InChI=1S/C18H22FNS/c1-4-10-20-12-15-16(19)6-5-7-17(15)21-18-11-13(2)8-9-14(18)3/h5-9,11,20H,4,10,12H2,1-3H3. The molecule has 0 fully saturated rings. The minimum atomic E-state index is -0.131. The first-order valence-corrected chi connectivity index (χ1v) is 8.16. The summed E-state index contributed by atoms with van der Waals surface area (Å²) in [6.45, 7) is 7.77. The number of hydrogen-bond acceptors (Lipinski definition) is 2. The van der Waals surface area contributed by atoms with E-state index in [-0.39, 0.29) is 5.82 Å². The molecule has 3 heteroatoms. The minimum Gasteiger partial charge on any atom is -0.313 e. The number of nitrogens with one attached hydrogen (secondary N) is 1. The van der Waals surface area contributed by atoms with Gasteiger partial charge in [0.1, 0.15) is 5.82 Å². The van der Waals surface area contributed by atoms with E-state index in [9.17, 15) is 4.39 Å². The van der Waals surface area contributed by atoms with Crippen molar-refractivity contribution in [2.75, 3.05) is 6.54 Å². The van der Waals surface area contributed by atoms with Gasteiger partial charge < -0.3 is 5.32 Å². The van der Waals surface area contributed by atoms with Crippen molar-refractivity contribution in [3.05, 3.63) is 58.9 Å². The minimum absolute atomic E-state index is 0.131. The molecule has 2 aromatic rings. The van der Waals surface area contributed by atoms with Crippen molar-refractivity contribution in [2.45, 2.75) is 43.5 Å². The van der Waals surface area contributed by atoms with Crippen LogP contribution >= 0.6 is 11.8 Å². The molecule has 0 bridgehead atoms. The van der Waals surface area contributed by atoms with Gasteiger partial charge in [-0.25, -0.2) is 4.39 Å². The molecule has 21 heavy (non-hydrogen) atoms. The molecule has 0 amide bonds. The fourth-order valence-corrected chi connectivity index (χ4v) is 3.28. The van der Waals surface area contributed by atoms with Gasteiger partial charge in [0, 0.05) is 21.9 Å². The number of benzene rings is 2. The quantitative estimate of drug-likeness (QED) is 0.746. The zero-order valence-electron chi connectivity index (χ0n) is 12.9. The molecule has 0 aliphatic carbocycles. The molecule has 0 saturated heterocycles. The zero-order chi connectivity index (χ0) is 15.2. The largest absolute Gasteiger partial charge is 0.313 e. The maximum absolute atomic E-state index is 14.1. The maximum atomic E-state index is 14.1. The monoisotopic (exact) mass is 303 g/mol. The summed E-state index contributed by atoms with van der Waals surface area (Å²) in [5.41, 5.74) is 3.21. The number of rotatable bonds is 6. The van der Waals surface area contributed by atoms with E-state index >= 15 is 0 Å². The van der Waals surface area contributed by atoms with Crippen LogP contribution in [-0.2, 0) is 6.54 Å². The van der Waals surface area contributed by atoms with Gasteiger partial charge in [0.05, 0.1) is 0 Å². The predicted octanol–water partition coefficient (Wildman–Crippen LogP) is 5.09. The van der Waals surface area contributed by atoms with E-state index in [0.29, 0.717) is 6.54 Å². The molecule has 0 radical (unpaired) electrons. The molecule has 1 N–H and O–H groups in total. The first-order valence-electron chi connectivity index (χ1n) is 7.35. The van der Waals surface area contributed by atoms with Crippen LogP contribution in [0.5, 0.6) is 0 Å². The van der Waals surface area contributed by atoms with E-state index in [1.807, 2.05) is 6.07 Å². The van der Waals surface area contributed by atoms with Crippen LogP contribution in [0.3, 0.4) is 0 Å². The maximum Gasteiger partial charge on any atom is 0.128 e. The molecule has 112 valence electrons. The van der Waals surface area contributed by atoms with Crippen LogP contribution < -0.4 is 5.32 Å². The fraction of sp³-hybridized carbons (Fsp3) is 0.333. The van der Waals surface area contributed by atoms with E-state index in [4.69, 9.17) is 0 Å². The van der Waals surface area contributed by atoms with Crippen LogP contribution in [0.15, 0.2) is 46.2 Å². The van der Waals surface area contributed by atoms with Gasteiger partial charge in [-0.2, -0.15) is 0 Å². The summed E-state index contributed by atoms with van der Waals surface area (Å²) in [6, 6.07) is 11.7. The summed E-state index contributed by atoms with van der Waals surface area (Å²) < 4.78 is 14.1. The van der Waals surface area contributed by atoms with Crippen LogP contribution in [0.1, 0.15) is 30.0 Å². The van der Waals surface area contributed by atoms with Gasteiger partial charge in [-0.1, -0.05) is 36.9 Å². The molecule has 0 aromatic heterocycles. The fourth-order valence-electron chi connectivity index (χ4n) is 2.13. The van der Waals surface area contributed by atoms with Crippen molar-refractivity contribution >= 4 is 11.8 Å². The van der Waals surface area contributed by atoms with E-state index in [0.717, 1.165) is 23.4 Å². The van der Waals surface area contributed by atoms with Crippen molar-refractivity contribution in [3.8, 4) is 0 Å². The molecule has 0 unspecified atom stereocenters. The second kappa shape index (κ2) is 7.62.